The molecule has 0 saturated heterocycles. The lowest BCUT2D eigenvalue weighted by molar-refractivity contribution is 0.0987. The average molecular weight is 242 g/mol. The van der Waals surface area contributed by atoms with Gasteiger partial charge in [-0.15, -0.1) is 0 Å². The van der Waals surface area contributed by atoms with Gasteiger partial charge in [-0.2, -0.15) is 0 Å². The van der Waals surface area contributed by atoms with Crippen LogP contribution in [0.2, 0.25) is 0 Å². The second-order valence-electron chi connectivity index (χ2n) is 4.27. The van der Waals surface area contributed by atoms with Gasteiger partial charge in [-0.1, -0.05) is 18.2 Å². The Morgan fingerprint density at radius 3 is 3.00 bits per heavy atom. The van der Waals surface area contributed by atoms with Gasteiger partial charge in [-0.05, 0) is 17.7 Å². The molecule has 4 nitrogen and oxygen atoms in total. The summed E-state index contributed by atoms with van der Waals surface area (Å²) in [4.78, 5) is 14.2. The van der Waals surface area contributed by atoms with Crippen molar-refractivity contribution in [3.05, 3.63) is 54.0 Å². The Balaban J connectivity index is 1.99. The molecule has 0 fully saturated rings. The van der Waals surface area contributed by atoms with Crippen LogP contribution in [-0.4, -0.2) is 19.0 Å². The van der Waals surface area contributed by atoms with Crippen LogP contribution in [-0.2, 0) is 6.54 Å². The summed E-state index contributed by atoms with van der Waals surface area (Å²) in [5.74, 6) is -0.0140. The van der Waals surface area contributed by atoms with E-state index in [1.165, 1.54) is 12.5 Å². The summed E-state index contributed by atoms with van der Waals surface area (Å²) in [6.45, 7) is 2.25. The van der Waals surface area contributed by atoms with Crippen molar-refractivity contribution in [3.8, 4) is 0 Å². The van der Waals surface area contributed by atoms with E-state index in [4.69, 9.17) is 4.42 Å². The number of hydrogen-bond donors (Lipinski definition) is 1. The largest absolute Gasteiger partial charge is 0.472 e. The molecule has 0 unspecified atom stereocenters. The molecule has 1 amide bonds. The van der Waals surface area contributed by atoms with Crippen LogP contribution in [0.1, 0.15) is 15.9 Å². The van der Waals surface area contributed by atoms with Crippen molar-refractivity contribution in [3.63, 3.8) is 0 Å². The first-order valence-corrected chi connectivity index (χ1v) is 5.99. The molecule has 1 aliphatic heterocycles. The number of nitrogens with zero attached hydrogens (tertiary/aromatic N) is 1. The molecular weight excluding hydrogens is 228 g/mol. The fourth-order valence-electron chi connectivity index (χ4n) is 2.21. The SMILES string of the molecule is O=C(c1ccoc1)N1CCNCc2ccccc21. The third-order valence-electron chi connectivity index (χ3n) is 3.12. The average Bonchev–Trinajstić information content (AvgIpc) is 2.85. The van der Waals surface area contributed by atoms with Crippen molar-refractivity contribution >= 4 is 11.6 Å². The van der Waals surface area contributed by atoms with Crippen molar-refractivity contribution in [1.29, 1.82) is 0 Å². The second kappa shape index (κ2) is 4.66. The van der Waals surface area contributed by atoms with E-state index >= 15 is 0 Å². The maximum atomic E-state index is 12.4. The van der Waals surface area contributed by atoms with E-state index in [-0.39, 0.29) is 5.91 Å². The van der Waals surface area contributed by atoms with Crippen LogP contribution in [0.15, 0.2) is 47.3 Å². The highest BCUT2D eigenvalue weighted by atomic mass is 16.3. The first kappa shape index (κ1) is 11.0. The maximum Gasteiger partial charge on any atom is 0.261 e. The van der Waals surface area contributed by atoms with Crippen LogP contribution >= 0.6 is 0 Å². The molecule has 0 saturated carbocycles. The molecule has 2 aromatic rings. The van der Waals surface area contributed by atoms with Crippen LogP contribution in [0.25, 0.3) is 0 Å². The number of hydrogen-bond acceptors (Lipinski definition) is 3. The summed E-state index contributed by atoms with van der Waals surface area (Å²) in [5, 5.41) is 3.32. The molecule has 0 spiro atoms. The lowest BCUT2D eigenvalue weighted by Gasteiger charge is -2.21. The van der Waals surface area contributed by atoms with Gasteiger partial charge in [0, 0.05) is 25.3 Å². The number of rotatable bonds is 1. The highest BCUT2D eigenvalue weighted by molar-refractivity contribution is 6.06. The highest BCUT2D eigenvalue weighted by Gasteiger charge is 2.22. The predicted molar refractivity (Wildman–Crippen MR) is 68.5 cm³/mol. The van der Waals surface area contributed by atoms with E-state index in [1.54, 1.807) is 11.0 Å². The molecule has 0 atom stereocenters. The molecule has 0 aliphatic carbocycles. The minimum Gasteiger partial charge on any atom is -0.472 e. The van der Waals surface area contributed by atoms with Gasteiger partial charge in [0.05, 0.1) is 11.8 Å². The monoisotopic (exact) mass is 242 g/mol. The number of fused-ring (bicyclic) bond motifs is 1. The molecule has 92 valence electrons. The number of para-hydroxylation sites is 1. The number of nitrogens with one attached hydrogen (secondary N) is 1. The van der Waals surface area contributed by atoms with Gasteiger partial charge in [-0.3, -0.25) is 4.79 Å². The van der Waals surface area contributed by atoms with Gasteiger partial charge in [0.1, 0.15) is 6.26 Å². The summed E-state index contributed by atoms with van der Waals surface area (Å²) in [6, 6.07) is 9.68. The highest BCUT2D eigenvalue weighted by Crippen LogP contribution is 2.23. The molecule has 3 rings (SSSR count). The minimum atomic E-state index is -0.0140. The number of amides is 1. The second-order valence-corrected chi connectivity index (χ2v) is 4.27. The lowest BCUT2D eigenvalue weighted by atomic mass is 10.1. The zero-order valence-corrected chi connectivity index (χ0v) is 9.93. The van der Waals surface area contributed by atoms with Gasteiger partial charge >= 0.3 is 0 Å². The standard InChI is InChI=1S/C14H14N2O2/c17-14(12-5-8-18-10-12)16-7-6-15-9-11-3-1-2-4-13(11)16/h1-5,8,10,15H,6-7,9H2. The molecule has 0 radical (unpaired) electrons. The van der Waals surface area contributed by atoms with Gasteiger partial charge in [0.2, 0.25) is 0 Å². The summed E-state index contributed by atoms with van der Waals surface area (Å²) in [7, 11) is 0. The Morgan fingerprint density at radius 1 is 1.28 bits per heavy atom. The van der Waals surface area contributed by atoms with Crippen LogP contribution in [0, 0.1) is 0 Å². The lowest BCUT2D eigenvalue weighted by Crippen LogP contribution is -2.34. The van der Waals surface area contributed by atoms with Gasteiger partial charge in [-0.25, -0.2) is 0 Å². The summed E-state index contributed by atoms with van der Waals surface area (Å²) < 4.78 is 4.98. The van der Waals surface area contributed by atoms with E-state index in [1.807, 2.05) is 24.3 Å². The van der Waals surface area contributed by atoms with E-state index in [2.05, 4.69) is 5.32 Å². The van der Waals surface area contributed by atoms with Gasteiger partial charge < -0.3 is 14.6 Å². The van der Waals surface area contributed by atoms with Crippen molar-refractivity contribution in [2.24, 2.45) is 0 Å². The van der Waals surface area contributed by atoms with Crippen LogP contribution < -0.4 is 10.2 Å². The Hall–Kier alpha value is -2.07. The molecule has 1 aromatic carbocycles. The smallest absolute Gasteiger partial charge is 0.261 e. The summed E-state index contributed by atoms with van der Waals surface area (Å²) in [5.41, 5.74) is 2.72. The maximum absolute atomic E-state index is 12.4. The quantitative estimate of drug-likeness (QED) is 0.832. The van der Waals surface area contributed by atoms with E-state index in [9.17, 15) is 4.79 Å². The molecule has 2 heterocycles. The topological polar surface area (TPSA) is 45.5 Å². The Morgan fingerprint density at radius 2 is 2.17 bits per heavy atom. The Labute approximate surface area is 105 Å². The van der Waals surface area contributed by atoms with Crippen molar-refractivity contribution in [2.75, 3.05) is 18.0 Å². The first-order chi connectivity index (χ1) is 8.86. The predicted octanol–water partition coefficient (Wildman–Crippen LogP) is 2.03. The first-order valence-electron chi connectivity index (χ1n) is 5.99. The molecule has 1 N–H and O–H groups in total. The molecule has 1 aliphatic rings. The van der Waals surface area contributed by atoms with Crippen molar-refractivity contribution in [2.45, 2.75) is 6.54 Å². The Kier molecular flexibility index (Phi) is 2.86. The summed E-state index contributed by atoms with van der Waals surface area (Å²) in [6.07, 6.45) is 3.01. The minimum absolute atomic E-state index is 0.0140. The molecule has 4 heteroatoms. The number of carbonyl (C=O) groups is 1. The Bertz CT molecular complexity index is 549. The molecule has 18 heavy (non-hydrogen) atoms. The summed E-state index contributed by atoms with van der Waals surface area (Å²) >= 11 is 0. The number of benzene rings is 1. The number of furan rings is 1. The fourth-order valence-corrected chi connectivity index (χ4v) is 2.21. The molecule has 0 bridgehead atoms. The van der Waals surface area contributed by atoms with Gasteiger partial charge in [0.15, 0.2) is 0 Å². The number of anilines is 1. The zero-order chi connectivity index (χ0) is 12.4. The van der Waals surface area contributed by atoms with Crippen LogP contribution in [0.3, 0.4) is 0 Å². The van der Waals surface area contributed by atoms with Gasteiger partial charge in [0.25, 0.3) is 5.91 Å². The van der Waals surface area contributed by atoms with Crippen LogP contribution in [0.4, 0.5) is 5.69 Å². The van der Waals surface area contributed by atoms with Crippen molar-refractivity contribution in [1.82, 2.24) is 5.32 Å². The molecular formula is C14H14N2O2. The van der Waals surface area contributed by atoms with Crippen LogP contribution in [0.5, 0.6) is 0 Å². The number of carbonyl (C=O) groups excluding carboxylic acids is 1. The van der Waals surface area contributed by atoms with E-state index in [0.717, 1.165) is 24.3 Å². The molecule has 1 aromatic heterocycles. The third kappa shape index (κ3) is 1.91. The fraction of sp³-hybridized carbons (Fsp3) is 0.214. The van der Waals surface area contributed by atoms with Crippen molar-refractivity contribution < 1.29 is 9.21 Å². The normalized spacial score (nSPS) is 15.0. The third-order valence-corrected chi connectivity index (χ3v) is 3.12. The van der Waals surface area contributed by atoms with E-state index in [0.29, 0.717) is 12.1 Å². The zero-order valence-electron chi connectivity index (χ0n) is 9.93. The van der Waals surface area contributed by atoms with E-state index < -0.39 is 0 Å².